The third-order valence-electron chi connectivity index (χ3n) is 2.77. The summed E-state index contributed by atoms with van der Waals surface area (Å²) in [6.45, 7) is 1.89. The van der Waals surface area contributed by atoms with E-state index in [0.29, 0.717) is 10.8 Å². The number of nitrogen functional groups attached to an aromatic ring is 1. The van der Waals surface area contributed by atoms with E-state index < -0.39 is 0 Å². The molecule has 2 rings (SSSR count). The Kier molecular flexibility index (Phi) is 3.77. The van der Waals surface area contributed by atoms with Crippen LogP contribution in [0.3, 0.4) is 0 Å². The van der Waals surface area contributed by atoms with E-state index in [0.717, 1.165) is 29.9 Å². The average molecular weight is 267 g/mol. The third kappa shape index (κ3) is 2.76. The highest BCUT2D eigenvalue weighted by Crippen LogP contribution is 2.25. The summed E-state index contributed by atoms with van der Waals surface area (Å²) in [5.74, 6) is 1.50. The zero-order valence-corrected chi connectivity index (χ0v) is 11.1. The lowest BCUT2D eigenvalue weighted by molar-refractivity contribution is 0.415. The van der Waals surface area contributed by atoms with Crippen molar-refractivity contribution in [3.05, 3.63) is 40.2 Å². The Balaban J connectivity index is 2.06. The van der Waals surface area contributed by atoms with Crippen molar-refractivity contribution in [3.63, 3.8) is 0 Å². The summed E-state index contributed by atoms with van der Waals surface area (Å²) in [7, 11) is 1.60. The number of nitrogens with two attached hydrogens (primary N) is 1. The molecule has 1 aromatic heterocycles. The van der Waals surface area contributed by atoms with Gasteiger partial charge in [0, 0.05) is 6.42 Å². The first-order chi connectivity index (χ1) is 8.60. The van der Waals surface area contributed by atoms with Crippen LogP contribution in [0.15, 0.2) is 22.6 Å². The minimum atomic E-state index is 0.218. The number of aromatic nitrogens is 1. The van der Waals surface area contributed by atoms with Gasteiger partial charge < -0.3 is 14.9 Å². The Morgan fingerprint density at radius 1 is 1.39 bits per heavy atom. The Labute approximate surface area is 111 Å². The summed E-state index contributed by atoms with van der Waals surface area (Å²) in [5.41, 5.74) is 7.46. The molecule has 0 radical (unpaired) electrons. The first kappa shape index (κ1) is 12.8. The number of aryl methyl sites for hydroxylation is 3. The number of hydrogen-bond acceptors (Lipinski definition) is 4. The zero-order valence-electron chi connectivity index (χ0n) is 10.4. The molecule has 2 aromatic rings. The molecule has 2 N–H and O–H groups in total. The first-order valence-corrected chi connectivity index (χ1v) is 6.02. The molecule has 0 bridgehead atoms. The predicted octanol–water partition coefficient (Wildman–Crippen LogP) is 3.01. The molecule has 1 heterocycles. The van der Waals surface area contributed by atoms with Gasteiger partial charge in [-0.15, -0.1) is 0 Å². The minimum Gasteiger partial charge on any atom is -0.495 e. The summed E-state index contributed by atoms with van der Waals surface area (Å²) in [6.07, 6.45) is 1.57. The summed E-state index contributed by atoms with van der Waals surface area (Å²) in [6, 6.07) is 5.96. The summed E-state index contributed by atoms with van der Waals surface area (Å²) >= 11 is 6.07. The van der Waals surface area contributed by atoms with Crippen molar-refractivity contribution in [1.82, 2.24) is 4.98 Å². The second-order valence-corrected chi connectivity index (χ2v) is 4.44. The van der Waals surface area contributed by atoms with Crippen molar-refractivity contribution in [3.8, 4) is 5.75 Å². The summed E-state index contributed by atoms with van der Waals surface area (Å²) < 4.78 is 10.4. The highest BCUT2D eigenvalue weighted by atomic mass is 35.5. The fraction of sp³-hybridized carbons (Fsp3) is 0.308. The molecule has 0 aliphatic carbocycles. The summed E-state index contributed by atoms with van der Waals surface area (Å²) in [4.78, 5) is 4.03. The van der Waals surface area contributed by atoms with Gasteiger partial charge in [0.05, 0.1) is 17.8 Å². The molecule has 0 fully saturated rings. The molecule has 5 heteroatoms. The van der Waals surface area contributed by atoms with Crippen molar-refractivity contribution in [2.75, 3.05) is 12.8 Å². The largest absolute Gasteiger partial charge is 0.495 e. The smallest absolute Gasteiger partial charge is 0.292 e. The van der Waals surface area contributed by atoms with E-state index in [1.54, 1.807) is 7.11 Å². The van der Waals surface area contributed by atoms with Crippen LogP contribution in [0.1, 0.15) is 17.0 Å². The highest BCUT2D eigenvalue weighted by molar-refractivity contribution is 6.32. The van der Waals surface area contributed by atoms with Crippen LogP contribution in [0.2, 0.25) is 5.02 Å². The van der Waals surface area contributed by atoms with Gasteiger partial charge in [0.15, 0.2) is 0 Å². The van der Waals surface area contributed by atoms with Crippen LogP contribution in [0.4, 0.5) is 6.01 Å². The van der Waals surface area contributed by atoms with Gasteiger partial charge in [-0.3, -0.25) is 0 Å². The number of oxazole rings is 1. The van der Waals surface area contributed by atoms with Gasteiger partial charge in [0.1, 0.15) is 11.5 Å². The van der Waals surface area contributed by atoms with E-state index in [-0.39, 0.29) is 6.01 Å². The number of nitrogens with zero attached hydrogens (tertiary/aromatic N) is 1. The summed E-state index contributed by atoms with van der Waals surface area (Å²) in [5, 5.41) is 0.615. The number of rotatable bonds is 4. The van der Waals surface area contributed by atoms with Crippen molar-refractivity contribution in [2.45, 2.75) is 19.8 Å². The zero-order chi connectivity index (χ0) is 13.1. The van der Waals surface area contributed by atoms with Crippen LogP contribution in [0, 0.1) is 6.92 Å². The molecule has 0 saturated heterocycles. The van der Waals surface area contributed by atoms with Crippen LogP contribution >= 0.6 is 11.6 Å². The molecule has 96 valence electrons. The number of halogens is 1. The van der Waals surface area contributed by atoms with Crippen LogP contribution in [0.5, 0.6) is 5.75 Å². The van der Waals surface area contributed by atoms with Crippen molar-refractivity contribution < 1.29 is 9.15 Å². The SMILES string of the molecule is COc1ccc(CCc2oc(N)nc2C)cc1Cl. The van der Waals surface area contributed by atoms with Crippen LogP contribution in [0.25, 0.3) is 0 Å². The lowest BCUT2D eigenvalue weighted by Crippen LogP contribution is -1.93. The quantitative estimate of drug-likeness (QED) is 0.924. The third-order valence-corrected chi connectivity index (χ3v) is 3.06. The van der Waals surface area contributed by atoms with Crippen molar-refractivity contribution >= 4 is 17.6 Å². The van der Waals surface area contributed by atoms with Crippen LogP contribution in [-0.2, 0) is 12.8 Å². The van der Waals surface area contributed by atoms with E-state index >= 15 is 0 Å². The van der Waals surface area contributed by atoms with Gasteiger partial charge in [0.2, 0.25) is 0 Å². The molecule has 0 amide bonds. The Morgan fingerprint density at radius 2 is 2.17 bits per heavy atom. The van der Waals surface area contributed by atoms with Gasteiger partial charge >= 0.3 is 0 Å². The van der Waals surface area contributed by atoms with Crippen LogP contribution < -0.4 is 10.5 Å². The molecule has 0 spiro atoms. The molecule has 18 heavy (non-hydrogen) atoms. The van der Waals surface area contributed by atoms with E-state index in [1.165, 1.54) is 0 Å². The molecule has 4 nitrogen and oxygen atoms in total. The monoisotopic (exact) mass is 266 g/mol. The number of benzene rings is 1. The number of ether oxygens (including phenoxy) is 1. The Hall–Kier alpha value is -1.68. The topological polar surface area (TPSA) is 61.3 Å². The minimum absolute atomic E-state index is 0.218. The molecule has 0 aliphatic rings. The maximum Gasteiger partial charge on any atom is 0.292 e. The van der Waals surface area contributed by atoms with Crippen molar-refractivity contribution in [1.29, 1.82) is 0 Å². The van der Waals surface area contributed by atoms with Gasteiger partial charge in [-0.25, -0.2) is 0 Å². The Morgan fingerprint density at radius 3 is 2.72 bits per heavy atom. The fourth-order valence-corrected chi connectivity index (χ4v) is 2.09. The normalized spacial score (nSPS) is 10.6. The highest BCUT2D eigenvalue weighted by Gasteiger charge is 2.08. The van der Waals surface area contributed by atoms with E-state index in [9.17, 15) is 0 Å². The first-order valence-electron chi connectivity index (χ1n) is 5.64. The number of methoxy groups -OCH3 is 1. The van der Waals surface area contributed by atoms with E-state index in [2.05, 4.69) is 4.98 Å². The second-order valence-electron chi connectivity index (χ2n) is 4.03. The molecule has 0 aliphatic heterocycles. The predicted molar refractivity (Wildman–Crippen MR) is 71.1 cm³/mol. The molecule has 0 atom stereocenters. The maximum atomic E-state index is 6.07. The molecule has 0 saturated carbocycles. The van der Waals surface area contributed by atoms with Gasteiger partial charge in [-0.05, 0) is 31.0 Å². The van der Waals surface area contributed by atoms with E-state index in [1.807, 2.05) is 25.1 Å². The van der Waals surface area contributed by atoms with Crippen molar-refractivity contribution in [2.24, 2.45) is 0 Å². The lowest BCUT2D eigenvalue weighted by atomic mass is 10.1. The maximum absolute atomic E-state index is 6.07. The lowest BCUT2D eigenvalue weighted by Gasteiger charge is -2.05. The van der Waals surface area contributed by atoms with E-state index in [4.69, 9.17) is 26.5 Å². The van der Waals surface area contributed by atoms with Gasteiger partial charge in [-0.2, -0.15) is 4.98 Å². The fourth-order valence-electron chi connectivity index (χ4n) is 1.81. The van der Waals surface area contributed by atoms with Gasteiger partial charge in [-0.1, -0.05) is 17.7 Å². The van der Waals surface area contributed by atoms with Crippen LogP contribution in [-0.4, -0.2) is 12.1 Å². The standard InChI is InChI=1S/C13H15ClN2O2/c1-8-11(18-13(15)16-8)5-3-9-4-6-12(17-2)10(14)7-9/h4,6-7H,3,5H2,1-2H3,(H2,15,16). The molecular formula is C13H15ClN2O2. The number of hydrogen-bond donors (Lipinski definition) is 1. The Bertz CT molecular complexity index is 552. The average Bonchev–Trinajstić information content (AvgIpc) is 2.65. The number of anilines is 1. The molecular weight excluding hydrogens is 252 g/mol. The molecule has 1 aromatic carbocycles. The van der Waals surface area contributed by atoms with Gasteiger partial charge in [0.25, 0.3) is 6.01 Å². The second kappa shape index (κ2) is 5.31. The molecule has 0 unspecified atom stereocenters.